The molecule has 8 heteroatoms. The van der Waals surface area contributed by atoms with Crippen molar-refractivity contribution in [3.8, 4) is 33.9 Å². The minimum Gasteiger partial charge on any atom is -0.379 e. The van der Waals surface area contributed by atoms with Gasteiger partial charge in [-0.2, -0.15) is 5.10 Å². The fourth-order valence-corrected chi connectivity index (χ4v) is 4.57. The standard InChI is InChI=1S/C28H27N7O/c29-17-19-6-8-21(9-7-19)26-22(20-4-2-1-3-5-20)16-23-24(31-26)10-11-30-27(23)28-32-25(33-34-28)18-35-12-14-36-15-13-35/h1-11,16H,12-15,17-18,29H2,(H,32,33,34). The topological polar surface area (TPSA) is 106 Å². The summed E-state index contributed by atoms with van der Waals surface area (Å²) in [5.41, 5.74) is 12.5. The molecule has 5 aromatic rings. The summed E-state index contributed by atoms with van der Waals surface area (Å²) in [6.07, 6.45) is 1.77. The van der Waals surface area contributed by atoms with Crippen molar-refractivity contribution in [2.75, 3.05) is 26.3 Å². The number of aromatic amines is 1. The molecule has 3 N–H and O–H groups in total. The monoisotopic (exact) mass is 477 g/mol. The average Bonchev–Trinajstić information content (AvgIpc) is 3.41. The third-order valence-electron chi connectivity index (χ3n) is 6.51. The van der Waals surface area contributed by atoms with Gasteiger partial charge in [0.15, 0.2) is 0 Å². The lowest BCUT2D eigenvalue weighted by Gasteiger charge is -2.25. The van der Waals surface area contributed by atoms with E-state index in [9.17, 15) is 0 Å². The van der Waals surface area contributed by atoms with Crippen molar-refractivity contribution in [2.45, 2.75) is 13.1 Å². The molecular weight excluding hydrogens is 450 g/mol. The van der Waals surface area contributed by atoms with Gasteiger partial charge in [-0.05, 0) is 23.3 Å². The van der Waals surface area contributed by atoms with Crippen molar-refractivity contribution in [1.29, 1.82) is 0 Å². The van der Waals surface area contributed by atoms with Crippen LogP contribution in [-0.2, 0) is 17.8 Å². The molecule has 0 aliphatic carbocycles. The van der Waals surface area contributed by atoms with Crippen LogP contribution in [0.5, 0.6) is 0 Å². The Morgan fingerprint density at radius 3 is 2.47 bits per heavy atom. The van der Waals surface area contributed by atoms with E-state index in [0.29, 0.717) is 24.6 Å². The van der Waals surface area contributed by atoms with Crippen molar-refractivity contribution >= 4 is 10.9 Å². The summed E-state index contributed by atoms with van der Waals surface area (Å²) in [5, 5.41) is 8.52. The van der Waals surface area contributed by atoms with Gasteiger partial charge in [0.25, 0.3) is 0 Å². The van der Waals surface area contributed by atoms with Crippen LogP contribution >= 0.6 is 0 Å². The summed E-state index contributed by atoms with van der Waals surface area (Å²) >= 11 is 0. The van der Waals surface area contributed by atoms with E-state index in [-0.39, 0.29) is 0 Å². The normalized spacial score (nSPS) is 14.4. The first-order chi connectivity index (χ1) is 17.8. The summed E-state index contributed by atoms with van der Waals surface area (Å²) in [4.78, 5) is 16.9. The second-order valence-corrected chi connectivity index (χ2v) is 8.87. The molecule has 6 rings (SSSR count). The van der Waals surface area contributed by atoms with E-state index >= 15 is 0 Å². The van der Waals surface area contributed by atoms with E-state index in [1.165, 1.54) is 0 Å². The summed E-state index contributed by atoms with van der Waals surface area (Å²) in [6.45, 7) is 4.49. The number of benzene rings is 2. The zero-order valence-electron chi connectivity index (χ0n) is 19.9. The van der Waals surface area contributed by atoms with E-state index in [4.69, 9.17) is 20.4 Å². The fourth-order valence-electron chi connectivity index (χ4n) is 4.57. The quantitative estimate of drug-likeness (QED) is 0.380. The van der Waals surface area contributed by atoms with Gasteiger partial charge in [0.2, 0.25) is 5.82 Å². The maximum absolute atomic E-state index is 5.81. The van der Waals surface area contributed by atoms with Gasteiger partial charge in [0.05, 0.1) is 31.0 Å². The van der Waals surface area contributed by atoms with Gasteiger partial charge in [-0.25, -0.2) is 9.97 Å². The molecule has 0 atom stereocenters. The molecule has 0 bridgehead atoms. The molecule has 1 saturated heterocycles. The van der Waals surface area contributed by atoms with Gasteiger partial charge in [-0.3, -0.25) is 15.0 Å². The van der Waals surface area contributed by atoms with Crippen LogP contribution in [0.25, 0.3) is 44.8 Å². The highest BCUT2D eigenvalue weighted by Crippen LogP contribution is 2.35. The molecule has 0 amide bonds. The van der Waals surface area contributed by atoms with Crippen LogP contribution in [0, 0.1) is 0 Å². The fraction of sp³-hybridized carbons (Fsp3) is 0.214. The molecule has 0 radical (unpaired) electrons. The number of pyridine rings is 2. The van der Waals surface area contributed by atoms with Crippen molar-refractivity contribution in [3.05, 3.63) is 84.3 Å². The SMILES string of the molecule is NCc1ccc(-c2nc3ccnc(-c4n[nH]c(CN5CCOCC5)n4)c3cc2-c2ccccc2)cc1. The van der Waals surface area contributed by atoms with Crippen LogP contribution in [-0.4, -0.2) is 56.4 Å². The van der Waals surface area contributed by atoms with Gasteiger partial charge in [0, 0.05) is 42.3 Å². The van der Waals surface area contributed by atoms with Crippen LogP contribution in [0.4, 0.5) is 0 Å². The number of morpholine rings is 1. The van der Waals surface area contributed by atoms with Crippen LogP contribution < -0.4 is 5.73 Å². The maximum Gasteiger partial charge on any atom is 0.200 e. The zero-order valence-corrected chi connectivity index (χ0v) is 19.9. The summed E-state index contributed by atoms with van der Waals surface area (Å²) in [6, 6.07) is 22.7. The first-order valence-corrected chi connectivity index (χ1v) is 12.1. The van der Waals surface area contributed by atoms with E-state index in [2.05, 4.69) is 62.5 Å². The van der Waals surface area contributed by atoms with Crippen LogP contribution in [0.15, 0.2) is 72.9 Å². The number of hydrogen-bond donors (Lipinski definition) is 2. The number of nitrogens with two attached hydrogens (primary N) is 1. The Hall–Kier alpha value is -3.98. The Kier molecular flexibility index (Phi) is 6.21. The van der Waals surface area contributed by atoms with Gasteiger partial charge >= 0.3 is 0 Å². The van der Waals surface area contributed by atoms with Gasteiger partial charge in [-0.15, -0.1) is 0 Å². The average molecular weight is 478 g/mol. The molecule has 1 fully saturated rings. The minimum atomic E-state index is 0.510. The lowest BCUT2D eigenvalue weighted by Crippen LogP contribution is -2.35. The molecule has 1 aliphatic heterocycles. The molecule has 8 nitrogen and oxygen atoms in total. The predicted molar refractivity (Wildman–Crippen MR) is 140 cm³/mol. The van der Waals surface area contributed by atoms with Gasteiger partial charge in [0.1, 0.15) is 11.5 Å². The molecule has 3 aromatic heterocycles. The number of nitrogens with one attached hydrogen (secondary N) is 1. The van der Waals surface area contributed by atoms with Gasteiger partial charge in [-0.1, -0.05) is 54.6 Å². The third-order valence-corrected chi connectivity index (χ3v) is 6.51. The first kappa shape index (κ1) is 22.5. The summed E-state index contributed by atoms with van der Waals surface area (Å²) < 4.78 is 5.45. The lowest BCUT2D eigenvalue weighted by molar-refractivity contribution is 0.0331. The second kappa shape index (κ2) is 9.94. The number of aromatic nitrogens is 5. The Labute approximate surface area is 209 Å². The predicted octanol–water partition coefficient (Wildman–Crippen LogP) is 4.04. The second-order valence-electron chi connectivity index (χ2n) is 8.87. The lowest BCUT2D eigenvalue weighted by atomic mass is 9.96. The molecule has 36 heavy (non-hydrogen) atoms. The molecule has 0 unspecified atom stereocenters. The number of fused-ring (bicyclic) bond motifs is 1. The zero-order chi connectivity index (χ0) is 24.3. The van der Waals surface area contributed by atoms with Crippen LogP contribution in [0.3, 0.4) is 0 Å². The molecule has 1 aliphatic rings. The first-order valence-electron chi connectivity index (χ1n) is 12.1. The third kappa shape index (κ3) is 4.49. The van der Waals surface area contributed by atoms with Crippen LogP contribution in [0.1, 0.15) is 11.4 Å². The number of rotatable bonds is 6. The van der Waals surface area contributed by atoms with E-state index in [1.54, 1.807) is 6.20 Å². The van der Waals surface area contributed by atoms with Crippen molar-refractivity contribution in [2.24, 2.45) is 5.73 Å². The van der Waals surface area contributed by atoms with E-state index in [0.717, 1.165) is 71.0 Å². The Balaban J connectivity index is 1.45. The maximum atomic E-state index is 5.81. The highest BCUT2D eigenvalue weighted by atomic mass is 16.5. The Morgan fingerprint density at radius 2 is 1.69 bits per heavy atom. The molecule has 180 valence electrons. The Morgan fingerprint density at radius 1 is 0.889 bits per heavy atom. The molecule has 0 spiro atoms. The number of ether oxygens (including phenoxy) is 1. The largest absolute Gasteiger partial charge is 0.379 e. The van der Waals surface area contributed by atoms with Crippen molar-refractivity contribution in [1.82, 2.24) is 30.0 Å². The van der Waals surface area contributed by atoms with Gasteiger partial charge < -0.3 is 10.5 Å². The molecular formula is C28H27N7O. The van der Waals surface area contributed by atoms with E-state index in [1.807, 2.05) is 24.3 Å². The van der Waals surface area contributed by atoms with Crippen LogP contribution in [0.2, 0.25) is 0 Å². The highest BCUT2D eigenvalue weighted by molar-refractivity contribution is 5.97. The number of hydrogen-bond acceptors (Lipinski definition) is 7. The molecule has 2 aromatic carbocycles. The van der Waals surface area contributed by atoms with Crippen molar-refractivity contribution < 1.29 is 4.74 Å². The highest BCUT2D eigenvalue weighted by Gasteiger charge is 2.18. The smallest absolute Gasteiger partial charge is 0.200 e. The molecule has 0 saturated carbocycles. The van der Waals surface area contributed by atoms with Crippen molar-refractivity contribution in [3.63, 3.8) is 0 Å². The Bertz CT molecular complexity index is 1480. The summed E-state index contributed by atoms with van der Waals surface area (Å²) in [5.74, 6) is 1.39. The molecule has 4 heterocycles. The number of nitrogens with zero attached hydrogens (tertiary/aromatic N) is 5. The number of H-pyrrole nitrogens is 1. The van der Waals surface area contributed by atoms with E-state index < -0.39 is 0 Å². The summed E-state index contributed by atoms with van der Waals surface area (Å²) in [7, 11) is 0. The minimum absolute atomic E-state index is 0.510.